The molecule has 0 bridgehead atoms. The second-order valence-electron chi connectivity index (χ2n) is 16.0. The largest absolute Gasteiger partial charge is 0.367 e. The number of nitrogens with zero attached hydrogens (tertiary/aromatic N) is 7. The van der Waals surface area contributed by atoms with Gasteiger partial charge in [-0.1, -0.05) is 12.8 Å². The summed E-state index contributed by atoms with van der Waals surface area (Å²) < 4.78 is 17.5. The Labute approximate surface area is 333 Å². The summed E-state index contributed by atoms with van der Waals surface area (Å²) in [7, 11) is 0. The van der Waals surface area contributed by atoms with Crippen LogP contribution in [0.3, 0.4) is 0 Å². The molecule has 2 aromatic heterocycles. The van der Waals surface area contributed by atoms with E-state index >= 15 is 4.39 Å². The quantitative estimate of drug-likeness (QED) is 0.183. The highest BCUT2D eigenvalue weighted by molar-refractivity contribution is 6.23. The highest BCUT2D eigenvalue weighted by Crippen LogP contribution is 2.35. The molecular formula is C42H44FN9O6. The molecule has 1 atom stereocenters. The van der Waals surface area contributed by atoms with Crippen molar-refractivity contribution in [2.45, 2.75) is 63.5 Å². The van der Waals surface area contributed by atoms with Crippen LogP contribution in [-0.2, 0) is 9.59 Å². The number of hydrogen-bond donors (Lipinski definition) is 2. The summed E-state index contributed by atoms with van der Waals surface area (Å²) in [6, 6.07) is 10.8. The number of imide groups is 2. The van der Waals surface area contributed by atoms with Gasteiger partial charge >= 0.3 is 0 Å². The van der Waals surface area contributed by atoms with E-state index in [9.17, 15) is 28.8 Å². The predicted molar refractivity (Wildman–Crippen MR) is 210 cm³/mol. The first kappa shape index (κ1) is 37.5. The van der Waals surface area contributed by atoms with E-state index in [4.69, 9.17) is 4.98 Å². The van der Waals surface area contributed by atoms with Gasteiger partial charge in [-0.05, 0) is 80.5 Å². The van der Waals surface area contributed by atoms with Crippen LogP contribution in [0.15, 0.2) is 48.7 Å². The number of fused-ring (bicyclic) bond motifs is 2. The molecule has 58 heavy (non-hydrogen) atoms. The van der Waals surface area contributed by atoms with Gasteiger partial charge in [0.2, 0.25) is 17.8 Å². The van der Waals surface area contributed by atoms with Gasteiger partial charge < -0.3 is 19.7 Å². The lowest BCUT2D eigenvalue weighted by atomic mass is 9.95. The first-order valence-corrected chi connectivity index (χ1v) is 20.2. The van der Waals surface area contributed by atoms with E-state index in [0.29, 0.717) is 62.4 Å². The zero-order valence-corrected chi connectivity index (χ0v) is 32.0. The number of piperidine rings is 2. The van der Waals surface area contributed by atoms with Crippen molar-refractivity contribution in [3.63, 3.8) is 0 Å². The SMILES string of the molecule is O=Cc1cc2cnc(Nc3ccc(C(=O)N4CCC(CN5CCN(c6cc7c(cc6F)C(=O)N(C6CCC(=O)NC6=O)C7=O)CC5)CC4)cc3)nc2n1C1CCCC1. The van der Waals surface area contributed by atoms with E-state index in [1.165, 1.54) is 6.07 Å². The molecule has 16 heteroatoms. The van der Waals surface area contributed by atoms with Gasteiger partial charge in [-0.15, -0.1) is 0 Å². The number of amides is 5. The fourth-order valence-corrected chi connectivity index (χ4v) is 9.31. The fraction of sp³-hybridized carbons (Fsp3) is 0.429. The van der Waals surface area contributed by atoms with Crippen molar-refractivity contribution < 1.29 is 33.2 Å². The highest BCUT2D eigenvalue weighted by atomic mass is 19.1. The Morgan fingerprint density at radius 1 is 0.879 bits per heavy atom. The van der Waals surface area contributed by atoms with Gasteiger partial charge in [-0.2, -0.15) is 4.98 Å². The van der Waals surface area contributed by atoms with Crippen LogP contribution in [0, 0.1) is 11.7 Å². The Morgan fingerprint density at radius 2 is 1.59 bits per heavy atom. The maximum absolute atomic E-state index is 15.4. The summed E-state index contributed by atoms with van der Waals surface area (Å²) in [4.78, 5) is 91.9. The van der Waals surface area contributed by atoms with Crippen LogP contribution in [-0.4, -0.2) is 117 Å². The molecule has 300 valence electrons. The van der Waals surface area contributed by atoms with Crippen molar-refractivity contribution in [3.05, 3.63) is 76.9 Å². The van der Waals surface area contributed by atoms with Crippen LogP contribution in [0.2, 0.25) is 0 Å². The third kappa shape index (κ3) is 6.99. The lowest BCUT2D eigenvalue weighted by Crippen LogP contribution is -2.54. The minimum Gasteiger partial charge on any atom is -0.367 e. The Kier molecular flexibility index (Phi) is 9.95. The predicted octanol–water partition coefficient (Wildman–Crippen LogP) is 4.32. The van der Waals surface area contributed by atoms with Crippen LogP contribution in [0.4, 0.5) is 21.7 Å². The summed E-state index contributed by atoms with van der Waals surface area (Å²) in [5.41, 5.74) is 2.96. The molecule has 4 fully saturated rings. The number of carbonyl (C=O) groups is 6. The number of benzene rings is 2. The van der Waals surface area contributed by atoms with E-state index in [1.807, 2.05) is 44.7 Å². The van der Waals surface area contributed by atoms with Crippen molar-refractivity contribution >= 4 is 64.2 Å². The first-order chi connectivity index (χ1) is 28.1. The molecule has 9 rings (SSSR count). The number of anilines is 3. The summed E-state index contributed by atoms with van der Waals surface area (Å²) >= 11 is 0. The van der Waals surface area contributed by atoms with Crippen LogP contribution in [0.1, 0.15) is 99.0 Å². The minimum absolute atomic E-state index is 0.0103. The lowest BCUT2D eigenvalue weighted by molar-refractivity contribution is -0.136. The minimum atomic E-state index is -1.11. The highest BCUT2D eigenvalue weighted by Gasteiger charge is 2.45. The Bertz CT molecular complexity index is 2320. The van der Waals surface area contributed by atoms with Crippen LogP contribution in [0.25, 0.3) is 11.0 Å². The molecule has 2 N–H and O–H groups in total. The number of carbonyl (C=O) groups excluding carboxylic acids is 6. The standard InChI is InChI=1S/C42H44FN9O6/c43-33-20-31-32(41(58)52(40(31)57)34-9-10-36(54)46-38(34)55)21-35(33)49-17-15-48(16-18-49)23-25-11-13-50(14-12-25)39(56)26-5-7-28(8-6-26)45-42-44-22-27-19-30(24-53)51(37(27)47-42)29-3-1-2-4-29/h5-8,19-22,24-25,29,34H,1-4,9-18,23H2,(H,44,45,47)(H,46,54,55). The number of aldehydes is 1. The maximum Gasteiger partial charge on any atom is 0.262 e. The smallest absolute Gasteiger partial charge is 0.262 e. The molecule has 6 heterocycles. The normalized spacial score (nSPS) is 20.9. The van der Waals surface area contributed by atoms with Crippen LogP contribution in [0.5, 0.6) is 0 Å². The number of hydrogen-bond acceptors (Lipinski definition) is 11. The zero-order valence-electron chi connectivity index (χ0n) is 32.0. The zero-order chi connectivity index (χ0) is 40.1. The van der Waals surface area contributed by atoms with Crippen molar-refractivity contribution in [1.29, 1.82) is 0 Å². The molecule has 2 aromatic carbocycles. The molecule has 1 saturated carbocycles. The third-order valence-corrected chi connectivity index (χ3v) is 12.4. The molecule has 15 nitrogen and oxygen atoms in total. The maximum atomic E-state index is 15.4. The van der Waals surface area contributed by atoms with Gasteiger partial charge in [0.1, 0.15) is 17.5 Å². The first-order valence-electron chi connectivity index (χ1n) is 20.2. The van der Waals surface area contributed by atoms with E-state index in [1.54, 1.807) is 6.20 Å². The number of piperazine rings is 1. The number of nitrogens with one attached hydrogen (secondary N) is 2. The van der Waals surface area contributed by atoms with Gasteiger partial charge in [0, 0.05) is 81.1 Å². The van der Waals surface area contributed by atoms with Gasteiger partial charge in [0.15, 0.2) is 6.29 Å². The molecule has 4 aromatic rings. The number of likely N-dealkylation sites (tertiary alicyclic amines) is 1. The summed E-state index contributed by atoms with van der Waals surface area (Å²) in [5, 5.41) is 6.26. The molecule has 5 aliphatic rings. The second kappa shape index (κ2) is 15.4. The Balaban J connectivity index is 0.757. The van der Waals surface area contributed by atoms with Crippen molar-refractivity contribution in [2.24, 2.45) is 5.92 Å². The topological polar surface area (TPSA) is 170 Å². The monoisotopic (exact) mass is 789 g/mol. The van der Waals surface area contributed by atoms with E-state index in [-0.39, 0.29) is 41.6 Å². The van der Waals surface area contributed by atoms with E-state index in [2.05, 4.69) is 20.5 Å². The average molecular weight is 790 g/mol. The molecule has 1 aliphatic carbocycles. The molecule has 0 spiro atoms. The van der Waals surface area contributed by atoms with Crippen molar-refractivity contribution in [3.8, 4) is 0 Å². The third-order valence-electron chi connectivity index (χ3n) is 12.4. The van der Waals surface area contributed by atoms with Crippen molar-refractivity contribution in [1.82, 2.24) is 34.6 Å². The molecule has 5 amide bonds. The van der Waals surface area contributed by atoms with Gasteiger partial charge in [-0.3, -0.25) is 43.9 Å². The van der Waals surface area contributed by atoms with Gasteiger partial charge in [0.25, 0.3) is 17.7 Å². The summed E-state index contributed by atoms with van der Waals surface area (Å²) in [5.74, 6) is -2.33. The summed E-state index contributed by atoms with van der Waals surface area (Å²) in [6.45, 7) is 4.63. The van der Waals surface area contributed by atoms with E-state index in [0.717, 1.165) is 79.0 Å². The second-order valence-corrected chi connectivity index (χ2v) is 16.0. The molecule has 0 radical (unpaired) electrons. The van der Waals surface area contributed by atoms with E-state index < -0.39 is 35.5 Å². The average Bonchev–Trinajstić information content (AvgIpc) is 3.95. The number of halogens is 1. The van der Waals surface area contributed by atoms with Crippen LogP contribution < -0.4 is 15.5 Å². The Morgan fingerprint density at radius 3 is 2.28 bits per heavy atom. The van der Waals surface area contributed by atoms with Crippen LogP contribution >= 0.6 is 0 Å². The molecule has 1 unspecified atom stereocenters. The summed E-state index contributed by atoms with van der Waals surface area (Å²) in [6.07, 6.45) is 8.74. The molecular weight excluding hydrogens is 746 g/mol. The van der Waals surface area contributed by atoms with Crippen molar-refractivity contribution in [2.75, 3.05) is 56.0 Å². The fourth-order valence-electron chi connectivity index (χ4n) is 9.31. The van der Waals surface area contributed by atoms with Gasteiger partial charge in [0.05, 0.1) is 22.5 Å². The lowest BCUT2D eigenvalue weighted by Gasteiger charge is -2.39. The molecule has 3 saturated heterocycles. The Hall–Kier alpha value is -6.03. The number of rotatable bonds is 9. The number of aromatic nitrogens is 3. The molecule has 4 aliphatic heterocycles. The van der Waals surface area contributed by atoms with Gasteiger partial charge in [-0.25, -0.2) is 9.37 Å².